The fraction of sp³-hybridized carbons (Fsp3) is 0.429. The molecular weight excluding hydrogens is 344 g/mol. The van der Waals surface area contributed by atoms with E-state index >= 15 is 0 Å². The molecule has 26 heavy (non-hydrogen) atoms. The average Bonchev–Trinajstić information content (AvgIpc) is 2.65. The number of sulfonamides is 1. The van der Waals surface area contributed by atoms with Crippen molar-refractivity contribution in [2.45, 2.75) is 50.5 Å². The van der Waals surface area contributed by atoms with Crippen molar-refractivity contribution in [3.63, 3.8) is 0 Å². The third kappa shape index (κ3) is 5.08. The van der Waals surface area contributed by atoms with E-state index in [1.54, 1.807) is 12.1 Å². The molecule has 0 bridgehead atoms. The van der Waals surface area contributed by atoms with E-state index in [0.29, 0.717) is 10.6 Å². The first-order chi connectivity index (χ1) is 12.6. The van der Waals surface area contributed by atoms with Crippen LogP contribution in [0.4, 0.5) is 5.69 Å². The van der Waals surface area contributed by atoms with Crippen molar-refractivity contribution in [3.05, 3.63) is 59.7 Å². The minimum absolute atomic E-state index is 0.301. The largest absolute Gasteiger partial charge is 0.299 e. The number of likely N-dealkylation sites (tertiary alicyclic amines) is 1. The van der Waals surface area contributed by atoms with Crippen LogP contribution in [0.5, 0.6) is 0 Å². The Kier molecular flexibility index (Phi) is 6.33. The van der Waals surface area contributed by atoms with Crippen LogP contribution in [-0.4, -0.2) is 26.4 Å². The number of benzene rings is 2. The molecule has 0 atom stereocenters. The molecule has 1 N–H and O–H groups in total. The summed E-state index contributed by atoms with van der Waals surface area (Å²) in [5, 5.41) is 0. The Hall–Kier alpha value is -1.85. The minimum Gasteiger partial charge on any atom is -0.299 e. The second kappa shape index (κ2) is 8.69. The maximum Gasteiger partial charge on any atom is 0.261 e. The van der Waals surface area contributed by atoms with Gasteiger partial charge < -0.3 is 0 Å². The molecule has 5 heteroatoms. The summed E-state index contributed by atoms with van der Waals surface area (Å²) in [6.07, 6.45) is 5.89. The molecule has 2 aromatic rings. The Bertz CT molecular complexity index is 793. The first kappa shape index (κ1) is 18.9. The van der Waals surface area contributed by atoms with Gasteiger partial charge in [-0.25, -0.2) is 8.42 Å². The summed E-state index contributed by atoms with van der Waals surface area (Å²) in [7, 11) is -3.55. The molecule has 0 aliphatic carbocycles. The fourth-order valence-corrected chi connectivity index (χ4v) is 4.45. The monoisotopic (exact) mass is 372 g/mol. The van der Waals surface area contributed by atoms with Gasteiger partial charge in [0.2, 0.25) is 0 Å². The predicted octanol–water partition coefficient (Wildman–Crippen LogP) is 4.43. The quantitative estimate of drug-likeness (QED) is 0.782. The van der Waals surface area contributed by atoms with Crippen LogP contribution in [-0.2, 0) is 23.0 Å². The molecule has 0 saturated carbocycles. The SMILES string of the molecule is CCCc1ccc(S(=O)(=O)Nc2ccc(CN3CCCCC3)cc2)cc1. The van der Waals surface area contributed by atoms with Crippen molar-refractivity contribution in [1.82, 2.24) is 4.90 Å². The zero-order chi connectivity index (χ0) is 18.4. The summed E-state index contributed by atoms with van der Waals surface area (Å²) in [5.74, 6) is 0. The normalized spacial score (nSPS) is 15.7. The number of piperidine rings is 1. The van der Waals surface area contributed by atoms with Gasteiger partial charge in [-0.2, -0.15) is 0 Å². The van der Waals surface area contributed by atoms with Crippen molar-refractivity contribution in [3.8, 4) is 0 Å². The fourth-order valence-electron chi connectivity index (χ4n) is 3.39. The van der Waals surface area contributed by atoms with Gasteiger partial charge in [0.1, 0.15) is 0 Å². The molecule has 1 saturated heterocycles. The molecule has 3 rings (SSSR count). The Morgan fingerprint density at radius 3 is 2.12 bits per heavy atom. The molecule has 1 heterocycles. The van der Waals surface area contributed by atoms with Crippen molar-refractivity contribution >= 4 is 15.7 Å². The van der Waals surface area contributed by atoms with Crippen LogP contribution in [0.25, 0.3) is 0 Å². The molecule has 1 fully saturated rings. The van der Waals surface area contributed by atoms with Gasteiger partial charge >= 0.3 is 0 Å². The van der Waals surface area contributed by atoms with E-state index in [0.717, 1.165) is 38.0 Å². The lowest BCUT2D eigenvalue weighted by atomic mass is 10.1. The number of hydrogen-bond acceptors (Lipinski definition) is 3. The molecule has 0 unspecified atom stereocenters. The maximum absolute atomic E-state index is 12.6. The van der Waals surface area contributed by atoms with Crippen molar-refractivity contribution in [1.29, 1.82) is 0 Å². The van der Waals surface area contributed by atoms with Crippen molar-refractivity contribution < 1.29 is 8.42 Å². The summed E-state index contributed by atoms with van der Waals surface area (Å²) in [5.41, 5.74) is 2.98. The van der Waals surface area contributed by atoms with Crippen LogP contribution in [0.1, 0.15) is 43.7 Å². The predicted molar refractivity (Wildman–Crippen MR) is 107 cm³/mol. The standard InChI is InChI=1S/C21H28N2O2S/c1-2-6-18-9-13-21(14-10-18)26(24,25)22-20-11-7-19(8-12-20)17-23-15-4-3-5-16-23/h7-14,22H,2-6,15-17H2,1H3. The lowest BCUT2D eigenvalue weighted by molar-refractivity contribution is 0.221. The first-order valence-electron chi connectivity index (χ1n) is 9.50. The molecular formula is C21H28N2O2S. The van der Waals surface area contributed by atoms with E-state index in [-0.39, 0.29) is 0 Å². The van der Waals surface area contributed by atoms with Crippen LogP contribution < -0.4 is 4.72 Å². The Labute approximate surface area is 157 Å². The summed E-state index contributed by atoms with van der Waals surface area (Å²) in [6, 6.07) is 14.9. The van der Waals surface area contributed by atoms with E-state index in [9.17, 15) is 8.42 Å². The molecule has 4 nitrogen and oxygen atoms in total. The van der Waals surface area contributed by atoms with Gasteiger partial charge in [0.25, 0.3) is 10.0 Å². The first-order valence-corrected chi connectivity index (χ1v) is 11.0. The van der Waals surface area contributed by atoms with Crippen molar-refractivity contribution in [2.24, 2.45) is 0 Å². The van der Waals surface area contributed by atoms with Gasteiger partial charge in [-0.1, -0.05) is 44.0 Å². The van der Waals surface area contributed by atoms with Crippen LogP contribution >= 0.6 is 0 Å². The van der Waals surface area contributed by atoms with Crippen LogP contribution in [0.3, 0.4) is 0 Å². The van der Waals surface area contributed by atoms with Gasteiger partial charge in [-0.3, -0.25) is 9.62 Å². The van der Waals surface area contributed by atoms with Crippen LogP contribution in [0.2, 0.25) is 0 Å². The molecule has 0 radical (unpaired) electrons. The second-order valence-electron chi connectivity index (χ2n) is 7.03. The van der Waals surface area contributed by atoms with Gasteiger partial charge in [0, 0.05) is 12.2 Å². The topological polar surface area (TPSA) is 49.4 Å². The highest BCUT2D eigenvalue weighted by Crippen LogP contribution is 2.19. The van der Waals surface area contributed by atoms with Gasteiger partial charge in [0.15, 0.2) is 0 Å². The minimum atomic E-state index is -3.55. The molecule has 2 aromatic carbocycles. The van der Waals surface area contributed by atoms with E-state index in [1.807, 2.05) is 36.4 Å². The Morgan fingerprint density at radius 2 is 1.50 bits per heavy atom. The van der Waals surface area contributed by atoms with Gasteiger partial charge in [-0.15, -0.1) is 0 Å². The van der Waals surface area contributed by atoms with Crippen LogP contribution in [0, 0.1) is 0 Å². The lowest BCUT2D eigenvalue weighted by Gasteiger charge is -2.26. The Balaban J connectivity index is 1.63. The number of nitrogens with zero attached hydrogens (tertiary/aromatic N) is 1. The van der Waals surface area contributed by atoms with E-state index in [4.69, 9.17) is 0 Å². The number of hydrogen-bond donors (Lipinski definition) is 1. The van der Waals surface area contributed by atoms with E-state index < -0.39 is 10.0 Å². The highest BCUT2D eigenvalue weighted by molar-refractivity contribution is 7.92. The molecule has 0 aromatic heterocycles. The van der Waals surface area contributed by atoms with Crippen LogP contribution in [0.15, 0.2) is 53.4 Å². The third-order valence-corrected chi connectivity index (χ3v) is 6.23. The molecule has 1 aliphatic rings. The number of anilines is 1. The van der Waals surface area contributed by atoms with Crippen molar-refractivity contribution in [2.75, 3.05) is 17.8 Å². The molecule has 1 aliphatic heterocycles. The maximum atomic E-state index is 12.6. The average molecular weight is 373 g/mol. The summed E-state index contributed by atoms with van der Waals surface area (Å²) in [4.78, 5) is 2.76. The van der Waals surface area contributed by atoms with Gasteiger partial charge in [0.05, 0.1) is 4.90 Å². The third-order valence-electron chi connectivity index (χ3n) is 4.83. The summed E-state index contributed by atoms with van der Waals surface area (Å²) in [6.45, 7) is 5.36. The zero-order valence-electron chi connectivity index (χ0n) is 15.4. The second-order valence-corrected chi connectivity index (χ2v) is 8.72. The summed E-state index contributed by atoms with van der Waals surface area (Å²) >= 11 is 0. The molecule has 0 amide bonds. The number of nitrogens with one attached hydrogen (secondary N) is 1. The zero-order valence-corrected chi connectivity index (χ0v) is 16.3. The van der Waals surface area contributed by atoms with Gasteiger partial charge in [-0.05, 0) is 67.7 Å². The highest BCUT2D eigenvalue weighted by atomic mass is 32.2. The molecule has 140 valence electrons. The number of aryl methyl sites for hydroxylation is 1. The van der Waals surface area contributed by atoms with E-state index in [1.165, 1.54) is 24.8 Å². The number of rotatable bonds is 7. The Morgan fingerprint density at radius 1 is 0.885 bits per heavy atom. The summed E-state index contributed by atoms with van der Waals surface area (Å²) < 4.78 is 27.8. The highest BCUT2D eigenvalue weighted by Gasteiger charge is 2.14. The van der Waals surface area contributed by atoms with E-state index in [2.05, 4.69) is 16.5 Å². The smallest absolute Gasteiger partial charge is 0.261 e. The lowest BCUT2D eigenvalue weighted by Crippen LogP contribution is -2.29. The molecule has 0 spiro atoms.